The maximum Gasteiger partial charge on any atom is 0.0594 e. The van der Waals surface area contributed by atoms with Gasteiger partial charge in [0.1, 0.15) is 0 Å². The number of nitrogens with one attached hydrogen (secondary N) is 1. The molecule has 3 heteroatoms. The molecular formula is C12H23NOS. The van der Waals surface area contributed by atoms with Crippen molar-refractivity contribution in [2.75, 3.05) is 24.7 Å². The quantitative estimate of drug-likeness (QED) is 0.732. The van der Waals surface area contributed by atoms with Crippen molar-refractivity contribution in [3.05, 3.63) is 0 Å². The van der Waals surface area contributed by atoms with Gasteiger partial charge in [-0.05, 0) is 31.4 Å². The summed E-state index contributed by atoms with van der Waals surface area (Å²) < 4.78 is 5.82. The van der Waals surface area contributed by atoms with Gasteiger partial charge in [-0.3, -0.25) is 0 Å². The van der Waals surface area contributed by atoms with Gasteiger partial charge in [0.15, 0.2) is 0 Å². The molecule has 0 aromatic rings. The van der Waals surface area contributed by atoms with E-state index in [-0.39, 0.29) is 0 Å². The monoisotopic (exact) mass is 229 g/mol. The third-order valence-electron chi connectivity index (χ3n) is 3.35. The second kappa shape index (κ2) is 6.77. The normalized spacial score (nSPS) is 28.4. The predicted molar refractivity (Wildman–Crippen MR) is 66.6 cm³/mol. The van der Waals surface area contributed by atoms with Gasteiger partial charge >= 0.3 is 0 Å². The number of hydrogen-bond donors (Lipinski definition) is 1. The molecule has 1 saturated carbocycles. The van der Waals surface area contributed by atoms with Gasteiger partial charge < -0.3 is 10.1 Å². The minimum Gasteiger partial charge on any atom is -0.377 e. The predicted octanol–water partition coefficient (Wildman–Crippen LogP) is 2.43. The van der Waals surface area contributed by atoms with Crippen molar-refractivity contribution in [3.8, 4) is 0 Å². The lowest BCUT2D eigenvalue weighted by molar-refractivity contribution is 0.0593. The van der Waals surface area contributed by atoms with E-state index in [2.05, 4.69) is 17.1 Å². The van der Waals surface area contributed by atoms with E-state index in [1.807, 2.05) is 0 Å². The van der Waals surface area contributed by atoms with E-state index in [1.165, 1.54) is 50.0 Å². The van der Waals surface area contributed by atoms with Crippen LogP contribution in [0.4, 0.5) is 0 Å². The van der Waals surface area contributed by atoms with Gasteiger partial charge in [-0.25, -0.2) is 0 Å². The van der Waals surface area contributed by atoms with E-state index in [0.29, 0.717) is 6.10 Å². The van der Waals surface area contributed by atoms with E-state index >= 15 is 0 Å². The van der Waals surface area contributed by atoms with E-state index in [9.17, 15) is 0 Å². The maximum absolute atomic E-state index is 5.82. The van der Waals surface area contributed by atoms with Crippen LogP contribution >= 0.6 is 11.8 Å². The van der Waals surface area contributed by atoms with Gasteiger partial charge in [-0.15, -0.1) is 0 Å². The van der Waals surface area contributed by atoms with Crippen LogP contribution in [0.5, 0.6) is 0 Å². The minimum absolute atomic E-state index is 0.576. The zero-order valence-electron chi connectivity index (χ0n) is 9.54. The Kier molecular flexibility index (Phi) is 5.30. The average Bonchev–Trinajstić information content (AvgIpc) is 2.79. The standard InChI is InChI=1S/C12H23NOS/c1-2-6-12(5-1)14-8-7-13-11-4-3-9-15-10-11/h11-13H,1-10H2. The van der Waals surface area contributed by atoms with Crippen molar-refractivity contribution in [1.82, 2.24) is 5.32 Å². The van der Waals surface area contributed by atoms with Crippen LogP contribution in [0.1, 0.15) is 38.5 Å². The highest BCUT2D eigenvalue weighted by Gasteiger charge is 2.16. The highest BCUT2D eigenvalue weighted by Crippen LogP contribution is 2.20. The van der Waals surface area contributed by atoms with Crippen molar-refractivity contribution in [2.24, 2.45) is 0 Å². The topological polar surface area (TPSA) is 21.3 Å². The maximum atomic E-state index is 5.82. The average molecular weight is 229 g/mol. The van der Waals surface area contributed by atoms with Crippen LogP contribution in [-0.4, -0.2) is 36.8 Å². The fraction of sp³-hybridized carbons (Fsp3) is 1.00. The van der Waals surface area contributed by atoms with E-state index in [0.717, 1.165) is 19.2 Å². The van der Waals surface area contributed by atoms with Crippen LogP contribution in [0.2, 0.25) is 0 Å². The van der Waals surface area contributed by atoms with Gasteiger partial charge in [0.25, 0.3) is 0 Å². The van der Waals surface area contributed by atoms with Crippen molar-refractivity contribution in [1.29, 1.82) is 0 Å². The van der Waals surface area contributed by atoms with Crippen molar-refractivity contribution in [3.63, 3.8) is 0 Å². The Morgan fingerprint density at radius 1 is 1.13 bits per heavy atom. The molecule has 0 amide bonds. The third kappa shape index (κ3) is 4.33. The smallest absolute Gasteiger partial charge is 0.0594 e. The fourth-order valence-electron chi connectivity index (χ4n) is 2.45. The van der Waals surface area contributed by atoms with Crippen molar-refractivity contribution in [2.45, 2.75) is 50.7 Å². The first-order valence-electron chi connectivity index (χ1n) is 6.38. The first kappa shape index (κ1) is 11.7. The lowest BCUT2D eigenvalue weighted by Crippen LogP contribution is -2.36. The number of ether oxygens (including phenoxy) is 1. The first-order chi connectivity index (χ1) is 7.45. The van der Waals surface area contributed by atoms with E-state index in [1.54, 1.807) is 0 Å². The minimum atomic E-state index is 0.576. The summed E-state index contributed by atoms with van der Waals surface area (Å²) in [7, 11) is 0. The molecule has 0 radical (unpaired) electrons. The molecule has 0 aromatic carbocycles. The zero-order valence-corrected chi connectivity index (χ0v) is 10.4. The Balaban J connectivity index is 1.47. The molecule has 1 saturated heterocycles. The molecule has 1 atom stereocenters. The highest BCUT2D eigenvalue weighted by molar-refractivity contribution is 7.99. The van der Waals surface area contributed by atoms with Gasteiger partial charge in [0, 0.05) is 18.3 Å². The fourth-order valence-corrected chi connectivity index (χ4v) is 3.55. The molecule has 0 spiro atoms. The molecule has 15 heavy (non-hydrogen) atoms. The number of hydrogen-bond acceptors (Lipinski definition) is 3. The summed E-state index contributed by atoms with van der Waals surface area (Å²) in [5.41, 5.74) is 0. The summed E-state index contributed by atoms with van der Waals surface area (Å²) in [6.45, 7) is 1.95. The third-order valence-corrected chi connectivity index (χ3v) is 4.57. The highest BCUT2D eigenvalue weighted by atomic mass is 32.2. The van der Waals surface area contributed by atoms with Crippen LogP contribution in [0.15, 0.2) is 0 Å². The first-order valence-corrected chi connectivity index (χ1v) is 7.53. The molecule has 88 valence electrons. The summed E-state index contributed by atoms with van der Waals surface area (Å²) in [6.07, 6.45) is 8.64. The largest absolute Gasteiger partial charge is 0.377 e. The summed E-state index contributed by atoms with van der Waals surface area (Å²) in [6, 6.07) is 0.746. The lowest BCUT2D eigenvalue weighted by Gasteiger charge is -2.22. The Morgan fingerprint density at radius 2 is 2.00 bits per heavy atom. The van der Waals surface area contributed by atoms with E-state index < -0.39 is 0 Å². The Bertz CT molecular complexity index is 165. The molecule has 0 aromatic heterocycles. The Labute approximate surface area is 97.5 Å². The van der Waals surface area contributed by atoms with E-state index in [4.69, 9.17) is 4.74 Å². The van der Waals surface area contributed by atoms with Crippen LogP contribution in [0.3, 0.4) is 0 Å². The van der Waals surface area contributed by atoms with Gasteiger partial charge in [-0.2, -0.15) is 11.8 Å². The molecule has 2 rings (SSSR count). The zero-order chi connectivity index (χ0) is 10.3. The van der Waals surface area contributed by atoms with Gasteiger partial charge in [0.05, 0.1) is 12.7 Å². The van der Waals surface area contributed by atoms with Crippen molar-refractivity contribution < 1.29 is 4.74 Å². The molecule has 1 heterocycles. The molecule has 0 bridgehead atoms. The molecule has 1 unspecified atom stereocenters. The van der Waals surface area contributed by atoms with Crippen LogP contribution in [-0.2, 0) is 4.74 Å². The Morgan fingerprint density at radius 3 is 2.73 bits per heavy atom. The molecule has 1 aliphatic heterocycles. The van der Waals surface area contributed by atoms with Gasteiger partial charge in [-0.1, -0.05) is 12.8 Å². The summed E-state index contributed by atoms with van der Waals surface area (Å²) in [5.74, 6) is 2.65. The second-order valence-corrected chi connectivity index (χ2v) is 5.80. The lowest BCUT2D eigenvalue weighted by atomic mass is 10.2. The molecular weight excluding hydrogens is 206 g/mol. The molecule has 2 fully saturated rings. The number of thioether (sulfide) groups is 1. The summed E-state index contributed by atoms with van der Waals surface area (Å²) in [4.78, 5) is 0. The molecule has 2 nitrogen and oxygen atoms in total. The van der Waals surface area contributed by atoms with Gasteiger partial charge in [0.2, 0.25) is 0 Å². The summed E-state index contributed by atoms with van der Waals surface area (Å²) >= 11 is 2.08. The summed E-state index contributed by atoms with van der Waals surface area (Å²) in [5, 5.41) is 3.60. The van der Waals surface area contributed by atoms with Crippen LogP contribution < -0.4 is 5.32 Å². The molecule has 1 aliphatic carbocycles. The van der Waals surface area contributed by atoms with Crippen LogP contribution in [0, 0.1) is 0 Å². The molecule has 1 N–H and O–H groups in total. The molecule has 2 aliphatic rings. The number of rotatable bonds is 5. The second-order valence-electron chi connectivity index (χ2n) is 4.65. The SMILES string of the molecule is C1CSCC(NCCOC2CCCC2)C1. The van der Waals surface area contributed by atoms with Crippen LogP contribution in [0.25, 0.3) is 0 Å². The van der Waals surface area contributed by atoms with Crippen molar-refractivity contribution >= 4 is 11.8 Å². The Hall–Kier alpha value is 0.270.